The predicted molar refractivity (Wildman–Crippen MR) is 87.2 cm³/mol. The lowest BCUT2D eigenvalue weighted by atomic mass is 10.2. The van der Waals surface area contributed by atoms with Crippen molar-refractivity contribution in [3.05, 3.63) is 24.0 Å². The molecule has 0 aliphatic rings. The maximum atomic E-state index is 4.57. The van der Waals surface area contributed by atoms with Gasteiger partial charge in [0.05, 0.1) is 17.6 Å². The number of rotatable bonds is 8. The van der Waals surface area contributed by atoms with Gasteiger partial charge < -0.3 is 10.2 Å². The van der Waals surface area contributed by atoms with E-state index in [1.54, 1.807) is 0 Å². The van der Waals surface area contributed by atoms with Gasteiger partial charge in [0.2, 0.25) is 0 Å². The highest BCUT2D eigenvalue weighted by Gasteiger charge is 2.11. The molecule has 0 fully saturated rings. The number of aromatic nitrogens is 1. The Balaban J connectivity index is 2.64. The van der Waals surface area contributed by atoms with Crippen molar-refractivity contribution in [2.45, 2.75) is 39.3 Å². The smallest absolute Gasteiger partial charge is 0.0572 e. The van der Waals surface area contributed by atoms with Crippen molar-refractivity contribution in [1.29, 1.82) is 0 Å². The molecule has 0 aliphatic heterocycles. The maximum absolute atomic E-state index is 4.57. The average molecular weight is 281 g/mol. The van der Waals surface area contributed by atoms with Gasteiger partial charge in [-0.25, -0.2) is 0 Å². The summed E-state index contributed by atoms with van der Waals surface area (Å²) in [5, 5.41) is 3.38. The number of hydrogen-bond donors (Lipinski definition) is 1. The zero-order valence-corrected chi connectivity index (χ0v) is 13.6. The van der Waals surface area contributed by atoms with Gasteiger partial charge in [0.15, 0.2) is 0 Å². The summed E-state index contributed by atoms with van der Waals surface area (Å²) in [5.41, 5.74) is 2.30. The van der Waals surface area contributed by atoms with Crippen molar-refractivity contribution < 1.29 is 0 Å². The quantitative estimate of drug-likeness (QED) is 0.791. The molecule has 3 nitrogen and oxygen atoms in total. The van der Waals surface area contributed by atoms with Gasteiger partial charge in [0, 0.05) is 19.1 Å². The molecule has 0 saturated carbocycles. The van der Waals surface area contributed by atoms with Crippen LogP contribution in [-0.4, -0.2) is 36.6 Å². The number of hydrogen-bond acceptors (Lipinski definition) is 4. The van der Waals surface area contributed by atoms with Crippen LogP contribution in [-0.2, 0) is 0 Å². The van der Waals surface area contributed by atoms with Gasteiger partial charge >= 0.3 is 0 Å². The largest absolute Gasteiger partial charge is 0.371 e. The van der Waals surface area contributed by atoms with Crippen molar-refractivity contribution in [3.8, 4) is 0 Å². The molecule has 1 heterocycles. The lowest BCUT2D eigenvalue weighted by Crippen LogP contribution is -2.29. The zero-order chi connectivity index (χ0) is 14.3. The fourth-order valence-corrected chi connectivity index (χ4v) is 2.59. The lowest BCUT2D eigenvalue weighted by Gasteiger charge is -2.27. The van der Waals surface area contributed by atoms with Gasteiger partial charge in [-0.3, -0.25) is 4.98 Å². The van der Waals surface area contributed by atoms with Crippen LogP contribution in [0, 0.1) is 0 Å². The number of nitrogens with one attached hydrogen (secondary N) is 1. The van der Waals surface area contributed by atoms with Crippen LogP contribution in [0.15, 0.2) is 18.3 Å². The average Bonchev–Trinajstić information content (AvgIpc) is 2.44. The Kier molecular flexibility index (Phi) is 7.24. The molecule has 0 bridgehead atoms. The minimum Gasteiger partial charge on any atom is -0.371 e. The van der Waals surface area contributed by atoms with E-state index < -0.39 is 0 Å². The molecule has 0 aliphatic carbocycles. The Morgan fingerprint density at radius 2 is 2.11 bits per heavy atom. The van der Waals surface area contributed by atoms with Crippen LogP contribution >= 0.6 is 11.8 Å². The van der Waals surface area contributed by atoms with Gasteiger partial charge in [-0.15, -0.1) is 0 Å². The van der Waals surface area contributed by atoms with E-state index in [0.717, 1.165) is 12.2 Å². The third-order valence-electron chi connectivity index (χ3n) is 3.53. The maximum Gasteiger partial charge on any atom is 0.0572 e. The second-order valence-electron chi connectivity index (χ2n) is 4.96. The molecule has 0 saturated heterocycles. The first-order valence-corrected chi connectivity index (χ1v) is 8.40. The van der Waals surface area contributed by atoms with Gasteiger partial charge in [-0.05, 0) is 51.0 Å². The summed E-state index contributed by atoms with van der Waals surface area (Å²) >= 11 is 1.90. The minimum absolute atomic E-state index is 0.318. The second kappa shape index (κ2) is 8.43. The minimum atomic E-state index is 0.318. The van der Waals surface area contributed by atoms with Crippen molar-refractivity contribution in [1.82, 2.24) is 10.3 Å². The van der Waals surface area contributed by atoms with Crippen LogP contribution < -0.4 is 10.2 Å². The zero-order valence-electron chi connectivity index (χ0n) is 12.8. The standard InChI is InChI=1S/C15H27N3S/c1-6-16-13(3)15-8-7-14(11-17-15)18(4)12(2)9-10-19-5/h7-8,11-13,16H,6,9-10H2,1-5H3. The Morgan fingerprint density at radius 3 is 2.63 bits per heavy atom. The fraction of sp³-hybridized carbons (Fsp3) is 0.667. The fourth-order valence-electron chi connectivity index (χ4n) is 2.01. The van der Waals surface area contributed by atoms with E-state index in [9.17, 15) is 0 Å². The van der Waals surface area contributed by atoms with E-state index in [0.29, 0.717) is 12.1 Å². The number of nitrogens with zero attached hydrogens (tertiary/aromatic N) is 2. The van der Waals surface area contributed by atoms with Crippen LogP contribution in [0.1, 0.15) is 38.9 Å². The van der Waals surface area contributed by atoms with Crippen molar-refractivity contribution >= 4 is 17.4 Å². The normalized spacial score (nSPS) is 14.2. The summed E-state index contributed by atoms with van der Waals surface area (Å²) in [5.74, 6) is 1.20. The van der Waals surface area contributed by atoms with E-state index in [2.05, 4.69) is 61.4 Å². The van der Waals surface area contributed by atoms with Gasteiger partial charge in [-0.2, -0.15) is 11.8 Å². The second-order valence-corrected chi connectivity index (χ2v) is 5.95. The van der Waals surface area contributed by atoms with E-state index in [-0.39, 0.29) is 0 Å². The number of anilines is 1. The van der Waals surface area contributed by atoms with E-state index in [4.69, 9.17) is 0 Å². The number of thioether (sulfide) groups is 1. The molecule has 108 valence electrons. The molecule has 0 radical (unpaired) electrons. The summed E-state index contributed by atoms with van der Waals surface area (Å²) < 4.78 is 0. The molecule has 0 spiro atoms. The summed E-state index contributed by atoms with van der Waals surface area (Å²) in [6.45, 7) is 7.50. The van der Waals surface area contributed by atoms with Crippen molar-refractivity contribution in [2.75, 3.05) is 30.5 Å². The molecular weight excluding hydrogens is 254 g/mol. The van der Waals surface area contributed by atoms with Crippen molar-refractivity contribution in [3.63, 3.8) is 0 Å². The van der Waals surface area contributed by atoms with Gasteiger partial charge in [0.1, 0.15) is 0 Å². The summed E-state index contributed by atoms with van der Waals surface area (Å²) in [4.78, 5) is 6.88. The Hall–Kier alpha value is -0.740. The molecular formula is C15H27N3S. The molecule has 0 aromatic carbocycles. The molecule has 19 heavy (non-hydrogen) atoms. The Morgan fingerprint density at radius 1 is 1.37 bits per heavy atom. The van der Waals surface area contributed by atoms with Gasteiger partial charge in [-0.1, -0.05) is 6.92 Å². The molecule has 1 rings (SSSR count). The van der Waals surface area contributed by atoms with E-state index in [1.807, 2.05) is 18.0 Å². The van der Waals surface area contributed by atoms with E-state index >= 15 is 0 Å². The third kappa shape index (κ3) is 5.03. The van der Waals surface area contributed by atoms with Crippen molar-refractivity contribution in [2.24, 2.45) is 0 Å². The molecule has 2 unspecified atom stereocenters. The molecule has 2 atom stereocenters. The van der Waals surface area contributed by atoms with Crippen LogP contribution in [0.4, 0.5) is 5.69 Å². The van der Waals surface area contributed by atoms with E-state index in [1.165, 1.54) is 17.9 Å². The first kappa shape index (κ1) is 16.3. The Bertz CT molecular complexity index is 353. The first-order valence-electron chi connectivity index (χ1n) is 7.01. The Labute approximate surface area is 122 Å². The molecule has 1 aromatic rings. The highest BCUT2D eigenvalue weighted by molar-refractivity contribution is 7.98. The summed E-state index contributed by atoms with van der Waals surface area (Å²) in [7, 11) is 2.15. The summed E-state index contributed by atoms with van der Waals surface area (Å²) in [6, 6.07) is 5.16. The van der Waals surface area contributed by atoms with Crippen LogP contribution in [0.5, 0.6) is 0 Å². The molecule has 4 heteroatoms. The van der Waals surface area contributed by atoms with Crippen LogP contribution in [0.3, 0.4) is 0 Å². The topological polar surface area (TPSA) is 28.2 Å². The number of pyridine rings is 1. The third-order valence-corrected chi connectivity index (χ3v) is 4.18. The van der Waals surface area contributed by atoms with Crippen LogP contribution in [0.25, 0.3) is 0 Å². The molecule has 0 amide bonds. The van der Waals surface area contributed by atoms with Crippen LogP contribution in [0.2, 0.25) is 0 Å². The SMILES string of the molecule is CCNC(C)c1ccc(N(C)C(C)CCSC)cn1. The molecule has 1 N–H and O–H groups in total. The predicted octanol–water partition coefficient (Wildman–Crippen LogP) is 3.33. The summed E-state index contributed by atoms with van der Waals surface area (Å²) in [6.07, 6.45) is 5.34. The highest BCUT2D eigenvalue weighted by Crippen LogP contribution is 2.18. The monoisotopic (exact) mass is 281 g/mol. The molecule has 1 aromatic heterocycles. The highest BCUT2D eigenvalue weighted by atomic mass is 32.2. The van der Waals surface area contributed by atoms with Gasteiger partial charge in [0.25, 0.3) is 0 Å². The first-order chi connectivity index (χ1) is 9.10. The lowest BCUT2D eigenvalue weighted by molar-refractivity contribution is 0.583.